The van der Waals surface area contributed by atoms with E-state index in [-0.39, 0.29) is 17.9 Å². The number of hydrogen-bond acceptors (Lipinski definition) is 4. The van der Waals surface area contributed by atoms with Crippen LogP contribution >= 0.6 is 11.6 Å². The molecule has 1 saturated heterocycles. The van der Waals surface area contributed by atoms with E-state index in [1.54, 1.807) is 0 Å². The van der Waals surface area contributed by atoms with Gasteiger partial charge in [0.15, 0.2) is 0 Å². The number of piperidine rings is 1. The molecule has 0 saturated carbocycles. The van der Waals surface area contributed by atoms with E-state index in [1.165, 1.54) is 0 Å². The third-order valence-corrected chi connectivity index (χ3v) is 5.03. The van der Waals surface area contributed by atoms with Gasteiger partial charge in [0.1, 0.15) is 5.60 Å². The molecule has 156 valence electrons. The Balaban J connectivity index is 1.77. The highest BCUT2D eigenvalue weighted by Crippen LogP contribution is 2.28. The first-order valence-corrected chi connectivity index (χ1v) is 10.3. The van der Waals surface area contributed by atoms with Crippen molar-refractivity contribution in [2.45, 2.75) is 52.2 Å². The van der Waals surface area contributed by atoms with Gasteiger partial charge in [0.2, 0.25) is 5.91 Å². The molecule has 0 bridgehead atoms. The topological polar surface area (TPSA) is 70.7 Å². The van der Waals surface area contributed by atoms with Gasteiger partial charge in [0, 0.05) is 30.7 Å². The molecule has 1 aromatic carbocycles. The maximum atomic E-state index is 12.5. The summed E-state index contributed by atoms with van der Waals surface area (Å²) in [6.45, 7) is 10.0. The van der Waals surface area contributed by atoms with E-state index in [4.69, 9.17) is 16.3 Å². The van der Waals surface area contributed by atoms with Gasteiger partial charge in [-0.05, 0) is 64.8 Å². The van der Waals surface area contributed by atoms with Gasteiger partial charge in [0.25, 0.3) is 0 Å². The summed E-state index contributed by atoms with van der Waals surface area (Å²) in [6, 6.07) is 8.10. The lowest BCUT2D eigenvalue weighted by Gasteiger charge is -2.36. The highest BCUT2D eigenvalue weighted by Gasteiger charge is 2.28. The predicted octanol–water partition coefficient (Wildman–Crippen LogP) is 3.75. The maximum absolute atomic E-state index is 12.5. The molecule has 2 unspecified atom stereocenters. The van der Waals surface area contributed by atoms with Crippen molar-refractivity contribution in [2.24, 2.45) is 5.92 Å². The van der Waals surface area contributed by atoms with Crippen LogP contribution in [0.2, 0.25) is 5.02 Å². The molecule has 1 heterocycles. The molecule has 0 aliphatic carbocycles. The van der Waals surface area contributed by atoms with Crippen LogP contribution in [-0.2, 0) is 9.53 Å². The number of nitrogens with one attached hydrogen (secondary N) is 2. The molecular formula is C21H32ClN3O3. The van der Waals surface area contributed by atoms with Gasteiger partial charge in [-0.3, -0.25) is 9.69 Å². The number of hydrogen-bond donors (Lipinski definition) is 2. The van der Waals surface area contributed by atoms with Crippen molar-refractivity contribution in [1.82, 2.24) is 15.5 Å². The molecule has 2 atom stereocenters. The molecule has 0 aromatic heterocycles. The Bertz CT molecular complexity index is 675. The van der Waals surface area contributed by atoms with Gasteiger partial charge < -0.3 is 15.4 Å². The number of benzene rings is 1. The summed E-state index contributed by atoms with van der Waals surface area (Å²) in [6.07, 6.45) is 1.39. The molecule has 0 spiro atoms. The van der Waals surface area contributed by atoms with Crippen LogP contribution in [0.4, 0.5) is 4.79 Å². The minimum atomic E-state index is -0.529. The largest absolute Gasteiger partial charge is 0.444 e. The second kappa shape index (κ2) is 10.1. The number of rotatable bonds is 6. The molecule has 1 aliphatic heterocycles. The number of ether oxygens (including phenoxy) is 1. The third-order valence-electron chi connectivity index (χ3n) is 4.79. The zero-order valence-electron chi connectivity index (χ0n) is 17.3. The fraction of sp³-hybridized carbons (Fsp3) is 0.619. The van der Waals surface area contributed by atoms with Crippen molar-refractivity contribution in [3.8, 4) is 0 Å². The molecule has 2 amide bonds. The number of alkyl carbamates (subject to hydrolysis) is 1. The predicted molar refractivity (Wildman–Crippen MR) is 111 cm³/mol. The summed E-state index contributed by atoms with van der Waals surface area (Å²) in [7, 11) is 0. The van der Waals surface area contributed by atoms with E-state index >= 15 is 0 Å². The summed E-state index contributed by atoms with van der Waals surface area (Å²) >= 11 is 6.11. The highest BCUT2D eigenvalue weighted by molar-refractivity contribution is 6.30. The average Bonchev–Trinajstić information content (AvgIpc) is 2.63. The maximum Gasteiger partial charge on any atom is 0.407 e. The SMILES string of the molecule is CC(c1cccc(Cl)c1)N1CCCC(C(=O)NCCNC(=O)OC(C)(C)C)C1. The van der Waals surface area contributed by atoms with Crippen molar-refractivity contribution in [1.29, 1.82) is 0 Å². The van der Waals surface area contributed by atoms with Crippen LogP contribution in [-0.4, -0.2) is 48.7 Å². The molecule has 2 N–H and O–H groups in total. The van der Waals surface area contributed by atoms with Crippen LogP contribution in [0.25, 0.3) is 0 Å². The first kappa shape index (κ1) is 22.5. The summed E-state index contributed by atoms with van der Waals surface area (Å²) in [5, 5.41) is 6.30. The smallest absolute Gasteiger partial charge is 0.407 e. The van der Waals surface area contributed by atoms with E-state index in [9.17, 15) is 9.59 Å². The van der Waals surface area contributed by atoms with Crippen LogP contribution in [0.15, 0.2) is 24.3 Å². The lowest BCUT2D eigenvalue weighted by Crippen LogP contribution is -2.45. The Morgan fingerprint density at radius 3 is 2.68 bits per heavy atom. The van der Waals surface area contributed by atoms with Gasteiger partial charge in [-0.15, -0.1) is 0 Å². The van der Waals surface area contributed by atoms with Crippen molar-refractivity contribution in [3.63, 3.8) is 0 Å². The van der Waals surface area contributed by atoms with Gasteiger partial charge in [-0.2, -0.15) is 0 Å². The zero-order valence-corrected chi connectivity index (χ0v) is 18.0. The Hall–Kier alpha value is -1.79. The van der Waals surface area contributed by atoms with Crippen LogP contribution in [0.5, 0.6) is 0 Å². The second-order valence-corrected chi connectivity index (χ2v) is 8.72. The molecule has 2 rings (SSSR count). The normalized spacial score (nSPS) is 19.0. The quantitative estimate of drug-likeness (QED) is 0.702. The zero-order chi connectivity index (χ0) is 20.7. The molecule has 28 heavy (non-hydrogen) atoms. The van der Waals surface area contributed by atoms with Crippen LogP contribution in [0.1, 0.15) is 52.1 Å². The molecule has 0 radical (unpaired) electrons. The standard InChI is InChI=1S/C21H32ClN3O3/c1-15(16-7-5-9-18(22)13-16)25-12-6-8-17(14-25)19(26)23-10-11-24-20(27)28-21(2,3)4/h5,7,9,13,15,17H,6,8,10-12,14H2,1-4H3,(H,23,26)(H,24,27). The Labute approximate surface area is 172 Å². The number of amides is 2. The van der Waals surface area contributed by atoms with Crippen LogP contribution in [0.3, 0.4) is 0 Å². The lowest BCUT2D eigenvalue weighted by molar-refractivity contribution is -0.127. The molecule has 1 aromatic rings. The summed E-state index contributed by atoms with van der Waals surface area (Å²) in [5.41, 5.74) is 0.633. The number of carbonyl (C=O) groups is 2. The van der Waals surface area contributed by atoms with Gasteiger partial charge in [-0.1, -0.05) is 23.7 Å². The highest BCUT2D eigenvalue weighted by atomic mass is 35.5. The van der Waals surface area contributed by atoms with Crippen molar-refractivity contribution in [2.75, 3.05) is 26.2 Å². The van der Waals surface area contributed by atoms with E-state index in [0.29, 0.717) is 13.1 Å². The number of nitrogens with zero attached hydrogens (tertiary/aromatic N) is 1. The molecule has 7 heteroatoms. The number of carbonyl (C=O) groups excluding carboxylic acids is 2. The average molecular weight is 410 g/mol. The second-order valence-electron chi connectivity index (χ2n) is 8.28. The first-order chi connectivity index (χ1) is 13.2. The van der Waals surface area contributed by atoms with Gasteiger partial charge in [0.05, 0.1) is 5.92 Å². The minimum absolute atomic E-state index is 0.0361. The van der Waals surface area contributed by atoms with Crippen molar-refractivity contribution >= 4 is 23.6 Å². The fourth-order valence-electron chi connectivity index (χ4n) is 3.36. The van der Waals surface area contributed by atoms with Gasteiger partial charge in [-0.25, -0.2) is 4.79 Å². The summed E-state index contributed by atoms with van der Waals surface area (Å²) in [5.74, 6) is -0.00843. The molecule has 6 nitrogen and oxygen atoms in total. The molecule has 1 aliphatic rings. The van der Waals surface area contributed by atoms with Crippen molar-refractivity contribution < 1.29 is 14.3 Å². The third kappa shape index (κ3) is 7.32. The van der Waals surface area contributed by atoms with E-state index in [2.05, 4.69) is 28.5 Å². The Morgan fingerprint density at radius 2 is 2.00 bits per heavy atom. The Kier molecular flexibility index (Phi) is 8.13. The summed E-state index contributed by atoms with van der Waals surface area (Å²) in [4.78, 5) is 26.5. The van der Waals surface area contributed by atoms with Gasteiger partial charge >= 0.3 is 6.09 Å². The minimum Gasteiger partial charge on any atom is -0.444 e. The van der Waals surface area contributed by atoms with Crippen LogP contribution < -0.4 is 10.6 Å². The number of halogens is 1. The molecule has 1 fully saturated rings. The monoisotopic (exact) mass is 409 g/mol. The van der Waals surface area contributed by atoms with Crippen molar-refractivity contribution in [3.05, 3.63) is 34.9 Å². The van der Waals surface area contributed by atoms with E-state index < -0.39 is 11.7 Å². The lowest BCUT2D eigenvalue weighted by atomic mass is 9.94. The van der Waals surface area contributed by atoms with Crippen LogP contribution in [0, 0.1) is 5.92 Å². The summed E-state index contributed by atoms with van der Waals surface area (Å²) < 4.78 is 5.17. The van der Waals surface area contributed by atoms with E-state index in [0.717, 1.165) is 36.5 Å². The first-order valence-electron chi connectivity index (χ1n) is 9.90. The fourth-order valence-corrected chi connectivity index (χ4v) is 3.56. The molecular weight excluding hydrogens is 378 g/mol. The Morgan fingerprint density at radius 1 is 1.29 bits per heavy atom. The number of likely N-dealkylation sites (tertiary alicyclic amines) is 1. The van der Waals surface area contributed by atoms with E-state index in [1.807, 2.05) is 39.0 Å².